The molecule has 0 amide bonds. The molecular weight excluding hydrogens is 314 g/mol. The number of aryl methyl sites for hydroxylation is 1. The van der Waals surface area contributed by atoms with Gasteiger partial charge in [0.05, 0.1) is 14.9 Å². The van der Waals surface area contributed by atoms with Crippen LogP contribution in [0.5, 0.6) is 0 Å². The smallest absolute Gasteiger partial charge is 0.128 e. The molecule has 0 spiro atoms. The third kappa shape index (κ3) is 4.09. The van der Waals surface area contributed by atoms with Crippen molar-refractivity contribution in [3.63, 3.8) is 0 Å². The van der Waals surface area contributed by atoms with Gasteiger partial charge in [0.25, 0.3) is 0 Å². The first-order valence-electron chi connectivity index (χ1n) is 7.97. The fourth-order valence-corrected chi connectivity index (χ4v) is 3.35. The molecule has 24 heavy (non-hydrogen) atoms. The molecule has 122 valence electrons. The van der Waals surface area contributed by atoms with Gasteiger partial charge in [0.2, 0.25) is 0 Å². The zero-order valence-corrected chi connectivity index (χ0v) is 14.9. The molecule has 0 N–H and O–H groups in total. The number of nitrogens with zero attached hydrogens (tertiary/aromatic N) is 3. The van der Waals surface area contributed by atoms with Crippen LogP contribution in [0.15, 0.2) is 48.7 Å². The number of hydrogen-bond acceptors (Lipinski definition) is 4. The predicted molar refractivity (Wildman–Crippen MR) is 103 cm³/mol. The standard InChI is InChI=1S/C20H21N3S/c1-15-19(24-16(2)22-15)14-18-9-7-17(8-10-18)11-13-23(3)20-6-4-5-12-21-20/h4-10,12,14H,1,11,13H2,2-3H3. The number of anilines is 1. The van der Waals surface area contributed by atoms with Crippen molar-refractivity contribution in [1.82, 2.24) is 9.97 Å². The molecule has 0 radical (unpaired) electrons. The summed E-state index contributed by atoms with van der Waals surface area (Å²) < 4.78 is 1.13. The van der Waals surface area contributed by atoms with Gasteiger partial charge in [-0.05, 0) is 42.7 Å². The maximum absolute atomic E-state index is 4.37. The maximum Gasteiger partial charge on any atom is 0.128 e. The van der Waals surface area contributed by atoms with Gasteiger partial charge < -0.3 is 4.90 Å². The van der Waals surface area contributed by atoms with Crippen molar-refractivity contribution in [2.75, 3.05) is 18.5 Å². The van der Waals surface area contributed by atoms with E-state index in [2.05, 4.69) is 58.8 Å². The largest absolute Gasteiger partial charge is 0.359 e. The molecule has 2 heterocycles. The summed E-state index contributed by atoms with van der Waals surface area (Å²) in [6.45, 7) is 6.94. The van der Waals surface area contributed by atoms with Crippen LogP contribution in [0.4, 0.5) is 5.82 Å². The Morgan fingerprint density at radius 3 is 2.58 bits per heavy atom. The summed E-state index contributed by atoms with van der Waals surface area (Å²) in [5.74, 6) is 1.01. The Morgan fingerprint density at radius 2 is 1.96 bits per heavy atom. The summed E-state index contributed by atoms with van der Waals surface area (Å²) in [5, 5.41) is 1.92. The van der Waals surface area contributed by atoms with E-state index in [9.17, 15) is 0 Å². The van der Waals surface area contributed by atoms with Gasteiger partial charge in [-0.15, -0.1) is 11.3 Å². The summed E-state index contributed by atoms with van der Waals surface area (Å²) in [5.41, 5.74) is 2.51. The van der Waals surface area contributed by atoms with Gasteiger partial charge in [0, 0.05) is 19.8 Å². The van der Waals surface area contributed by atoms with Crippen LogP contribution < -0.4 is 14.8 Å². The number of likely N-dealkylation sites (N-methyl/N-ethyl adjacent to an activating group) is 1. The van der Waals surface area contributed by atoms with Crippen molar-refractivity contribution >= 4 is 29.8 Å². The maximum atomic E-state index is 4.37. The quantitative estimate of drug-likeness (QED) is 0.718. The van der Waals surface area contributed by atoms with Gasteiger partial charge in [0.15, 0.2) is 0 Å². The highest BCUT2D eigenvalue weighted by Crippen LogP contribution is 2.10. The van der Waals surface area contributed by atoms with Crippen LogP contribution in [0.25, 0.3) is 12.7 Å². The summed E-state index contributed by atoms with van der Waals surface area (Å²) in [7, 11) is 2.08. The molecule has 0 bridgehead atoms. The van der Waals surface area contributed by atoms with E-state index in [1.54, 1.807) is 11.3 Å². The minimum Gasteiger partial charge on any atom is -0.359 e. The van der Waals surface area contributed by atoms with E-state index in [1.807, 2.05) is 31.3 Å². The lowest BCUT2D eigenvalue weighted by molar-refractivity contribution is 0.860. The van der Waals surface area contributed by atoms with E-state index in [1.165, 1.54) is 11.1 Å². The van der Waals surface area contributed by atoms with Gasteiger partial charge in [0.1, 0.15) is 5.82 Å². The first-order valence-corrected chi connectivity index (χ1v) is 8.79. The highest BCUT2D eigenvalue weighted by atomic mass is 32.1. The van der Waals surface area contributed by atoms with E-state index < -0.39 is 0 Å². The Kier molecular flexibility index (Phi) is 5.06. The van der Waals surface area contributed by atoms with Crippen LogP contribution in [0.2, 0.25) is 0 Å². The van der Waals surface area contributed by atoms with Crippen molar-refractivity contribution in [1.29, 1.82) is 0 Å². The van der Waals surface area contributed by atoms with E-state index in [0.29, 0.717) is 0 Å². The average Bonchev–Trinajstić information content (AvgIpc) is 2.92. The molecule has 0 fully saturated rings. The fraction of sp³-hybridized carbons (Fsp3) is 0.200. The zero-order valence-electron chi connectivity index (χ0n) is 14.1. The minimum absolute atomic E-state index is 0.860. The van der Waals surface area contributed by atoms with Crippen LogP contribution in [0.3, 0.4) is 0 Å². The zero-order chi connectivity index (χ0) is 16.9. The first kappa shape index (κ1) is 16.4. The first-order chi connectivity index (χ1) is 11.6. The molecule has 0 aliphatic heterocycles. The Hall–Kier alpha value is -2.46. The summed E-state index contributed by atoms with van der Waals surface area (Å²) in [4.78, 5) is 10.9. The molecule has 0 aliphatic rings. The normalized spacial score (nSPS) is 11.7. The summed E-state index contributed by atoms with van der Waals surface area (Å²) >= 11 is 1.68. The molecule has 0 aliphatic carbocycles. The number of benzene rings is 1. The fourth-order valence-electron chi connectivity index (χ4n) is 2.52. The Morgan fingerprint density at radius 1 is 1.17 bits per heavy atom. The van der Waals surface area contributed by atoms with E-state index in [4.69, 9.17) is 0 Å². The number of hydrogen-bond donors (Lipinski definition) is 0. The number of rotatable bonds is 5. The molecule has 3 rings (SSSR count). The van der Waals surface area contributed by atoms with Crippen LogP contribution >= 0.6 is 11.3 Å². The number of aromatic nitrogens is 2. The molecule has 0 saturated heterocycles. The average molecular weight is 335 g/mol. The second-order valence-corrected chi connectivity index (χ2v) is 7.02. The molecular formula is C20H21N3S. The Labute approximate surface area is 146 Å². The second kappa shape index (κ2) is 7.41. The SMILES string of the molecule is C=c1nc(C)sc1=Cc1ccc(CCN(C)c2ccccn2)cc1. The van der Waals surface area contributed by atoms with Crippen molar-refractivity contribution in [2.45, 2.75) is 13.3 Å². The lowest BCUT2D eigenvalue weighted by Crippen LogP contribution is -2.21. The molecule has 1 aromatic carbocycles. The Bertz CT molecular complexity index is 898. The van der Waals surface area contributed by atoms with Crippen molar-refractivity contribution in [3.05, 3.63) is 74.7 Å². The predicted octanol–water partition coefficient (Wildman–Crippen LogP) is 2.76. The van der Waals surface area contributed by atoms with Crippen LogP contribution in [-0.2, 0) is 6.42 Å². The molecule has 0 saturated carbocycles. The molecule has 0 atom stereocenters. The molecule has 3 aromatic rings. The van der Waals surface area contributed by atoms with Gasteiger partial charge in [-0.2, -0.15) is 0 Å². The van der Waals surface area contributed by atoms with Crippen LogP contribution in [-0.4, -0.2) is 23.6 Å². The lowest BCUT2D eigenvalue weighted by Gasteiger charge is -2.17. The highest BCUT2D eigenvalue weighted by Gasteiger charge is 2.02. The molecule has 2 aromatic heterocycles. The van der Waals surface area contributed by atoms with E-state index >= 15 is 0 Å². The van der Waals surface area contributed by atoms with Crippen molar-refractivity contribution in [2.24, 2.45) is 0 Å². The topological polar surface area (TPSA) is 29.0 Å². The summed E-state index contributed by atoms with van der Waals surface area (Å²) in [6, 6.07) is 14.7. The van der Waals surface area contributed by atoms with Gasteiger partial charge >= 0.3 is 0 Å². The van der Waals surface area contributed by atoms with Crippen molar-refractivity contribution < 1.29 is 0 Å². The third-order valence-corrected chi connectivity index (χ3v) is 4.85. The van der Waals surface area contributed by atoms with E-state index in [0.717, 1.165) is 33.7 Å². The van der Waals surface area contributed by atoms with Gasteiger partial charge in [-0.3, -0.25) is 0 Å². The monoisotopic (exact) mass is 335 g/mol. The minimum atomic E-state index is 0.860. The number of thiazole rings is 1. The summed E-state index contributed by atoms with van der Waals surface area (Å²) in [6.07, 6.45) is 4.97. The van der Waals surface area contributed by atoms with Crippen molar-refractivity contribution in [3.8, 4) is 0 Å². The number of pyridine rings is 1. The molecule has 4 heteroatoms. The molecule has 0 unspecified atom stereocenters. The lowest BCUT2D eigenvalue weighted by atomic mass is 10.1. The van der Waals surface area contributed by atoms with Crippen LogP contribution in [0, 0.1) is 6.92 Å². The highest BCUT2D eigenvalue weighted by molar-refractivity contribution is 7.09. The third-order valence-electron chi connectivity index (χ3n) is 3.89. The second-order valence-electron chi connectivity index (χ2n) is 5.79. The van der Waals surface area contributed by atoms with Gasteiger partial charge in [-0.1, -0.05) is 36.9 Å². The molecule has 3 nitrogen and oxygen atoms in total. The Balaban J connectivity index is 1.66. The van der Waals surface area contributed by atoms with Crippen LogP contribution in [0.1, 0.15) is 16.1 Å². The van der Waals surface area contributed by atoms with Gasteiger partial charge in [-0.25, -0.2) is 9.97 Å². The van der Waals surface area contributed by atoms with E-state index in [-0.39, 0.29) is 0 Å².